The summed E-state index contributed by atoms with van der Waals surface area (Å²) in [5.74, 6) is 0. The second-order valence-electron chi connectivity index (χ2n) is 5.72. The predicted molar refractivity (Wildman–Crippen MR) is 91.1 cm³/mol. The first kappa shape index (κ1) is 13.9. The summed E-state index contributed by atoms with van der Waals surface area (Å²) >= 11 is 0. The highest BCUT2D eigenvalue weighted by Gasteiger charge is 2.02. The van der Waals surface area contributed by atoms with Gasteiger partial charge in [0.15, 0.2) is 0 Å². The fourth-order valence-electron chi connectivity index (χ4n) is 2.89. The molecule has 0 fully saturated rings. The van der Waals surface area contributed by atoms with Crippen molar-refractivity contribution < 1.29 is 0 Å². The average molecular weight is 277 g/mol. The average Bonchev–Trinajstić information content (AvgIpc) is 2.96. The van der Waals surface area contributed by atoms with E-state index < -0.39 is 0 Å². The molecule has 0 amide bonds. The summed E-state index contributed by atoms with van der Waals surface area (Å²) in [7, 11) is 0. The van der Waals surface area contributed by atoms with Gasteiger partial charge >= 0.3 is 0 Å². The monoisotopic (exact) mass is 277 g/mol. The third-order valence-corrected chi connectivity index (χ3v) is 4.13. The molecule has 0 spiro atoms. The lowest BCUT2D eigenvalue weighted by molar-refractivity contribution is 0.667. The summed E-state index contributed by atoms with van der Waals surface area (Å²) in [5, 5.41) is 1.29. The first-order valence-electron chi connectivity index (χ1n) is 8.04. The van der Waals surface area contributed by atoms with Gasteiger partial charge in [-0.1, -0.05) is 56.5 Å². The molecule has 0 unspecified atom stereocenters. The van der Waals surface area contributed by atoms with Crippen LogP contribution in [-0.4, -0.2) is 4.57 Å². The van der Waals surface area contributed by atoms with Crippen molar-refractivity contribution in [3.8, 4) is 5.69 Å². The maximum absolute atomic E-state index is 2.27. The van der Waals surface area contributed by atoms with Crippen LogP contribution in [0.2, 0.25) is 0 Å². The van der Waals surface area contributed by atoms with E-state index in [1.807, 2.05) is 0 Å². The number of nitrogens with zero attached hydrogens (tertiary/aromatic N) is 1. The Morgan fingerprint density at radius 2 is 1.62 bits per heavy atom. The fourth-order valence-corrected chi connectivity index (χ4v) is 2.89. The Balaban J connectivity index is 1.75. The maximum atomic E-state index is 2.27. The highest BCUT2D eigenvalue weighted by atomic mass is 15.0. The normalized spacial score (nSPS) is 11.1. The molecule has 2 aromatic carbocycles. The van der Waals surface area contributed by atoms with Crippen LogP contribution >= 0.6 is 0 Å². The zero-order valence-corrected chi connectivity index (χ0v) is 12.8. The minimum absolute atomic E-state index is 1.20. The highest BCUT2D eigenvalue weighted by molar-refractivity contribution is 5.81. The molecule has 0 aliphatic heterocycles. The Morgan fingerprint density at radius 3 is 2.43 bits per heavy atom. The zero-order valence-electron chi connectivity index (χ0n) is 12.8. The van der Waals surface area contributed by atoms with Crippen molar-refractivity contribution in [1.29, 1.82) is 0 Å². The summed E-state index contributed by atoms with van der Waals surface area (Å²) in [6.45, 7) is 2.26. The van der Waals surface area contributed by atoms with Crippen molar-refractivity contribution in [3.05, 3.63) is 66.4 Å². The van der Waals surface area contributed by atoms with E-state index in [1.165, 1.54) is 54.3 Å². The first-order valence-corrected chi connectivity index (χ1v) is 8.04. The molecule has 0 N–H and O–H groups in total. The second-order valence-corrected chi connectivity index (χ2v) is 5.72. The molecule has 0 bridgehead atoms. The molecule has 3 aromatic rings. The molecule has 3 rings (SSSR count). The SMILES string of the molecule is CCCCCCc1ccc(-n2ccc3ccccc32)cc1. The third kappa shape index (κ3) is 3.18. The van der Waals surface area contributed by atoms with Gasteiger partial charge < -0.3 is 4.57 Å². The second kappa shape index (κ2) is 6.62. The van der Waals surface area contributed by atoms with Gasteiger partial charge in [0.2, 0.25) is 0 Å². The number of hydrogen-bond donors (Lipinski definition) is 0. The Morgan fingerprint density at radius 1 is 0.810 bits per heavy atom. The lowest BCUT2D eigenvalue weighted by Gasteiger charge is -2.07. The lowest BCUT2D eigenvalue weighted by Crippen LogP contribution is -1.93. The highest BCUT2D eigenvalue weighted by Crippen LogP contribution is 2.20. The molecule has 0 atom stereocenters. The molecule has 0 saturated heterocycles. The van der Waals surface area contributed by atoms with E-state index in [1.54, 1.807) is 0 Å². The van der Waals surface area contributed by atoms with Crippen molar-refractivity contribution in [2.45, 2.75) is 39.0 Å². The van der Waals surface area contributed by atoms with Crippen molar-refractivity contribution >= 4 is 10.9 Å². The van der Waals surface area contributed by atoms with Crippen LogP contribution in [0.25, 0.3) is 16.6 Å². The molecule has 1 heterocycles. The summed E-state index contributed by atoms with van der Waals surface area (Å²) < 4.78 is 2.26. The molecule has 0 aliphatic carbocycles. The largest absolute Gasteiger partial charge is 0.317 e. The molecule has 0 saturated carbocycles. The number of fused-ring (bicyclic) bond motifs is 1. The van der Waals surface area contributed by atoms with Gasteiger partial charge in [-0.15, -0.1) is 0 Å². The lowest BCUT2D eigenvalue weighted by atomic mass is 10.1. The quantitative estimate of drug-likeness (QED) is 0.505. The number of benzene rings is 2. The third-order valence-electron chi connectivity index (χ3n) is 4.13. The maximum Gasteiger partial charge on any atom is 0.0528 e. The van der Waals surface area contributed by atoms with E-state index in [0.717, 1.165) is 0 Å². The van der Waals surface area contributed by atoms with E-state index in [4.69, 9.17) is 0 Å². The number of hydrogen-bond acceptors (Lipinski definition) is 0. The Labute approximate surface area is 127 Å². The summed E-state index contributed by atoms with van der Waals surface area (Å²) in [5.41, 5.74) is 3.97. The number of aryl methyl sites for hydroxylation is 1. The minimum atomic E-state index is 1.20. The smallest absolute Gasteiger partial charge is 0.0528 e. The van der Waals surface area contributed by atoms with Gasteiger partial charge in [-0.3, -0.25) is 0 Å². The molecule has 108 valence electrons. The fraction of sp³-hybridized carbons (Fsp3) is 0.300. The number of aromatic nitrogens is 1. The first-order chi connectivity index (χ1) is 10.4. The number of para-hydroxylation sites is 1. The molecular weight excluding hydrogens is 254 g/mol. The van der Waals surface area contributed by atoms with Crippen LogP contribution in [0.3, 0.4) is 0 Å². The van der Waals surface area contributed by atoms with E-state index in [2.05, 4.69) is 72.3 Å². The van der Waals surface area contributed by atoms with Gasteiger partial charge in [0, 0.05) is 11.9 Å². The summed E-state index contributed by atoms with van der Waals surface area (Å²) in [6, 6.07) is 19.7. The topological polar surface area (TPSA) is 4.93 Å². The molecule has 0 radical (unpaired) electrons. The standard InChI is InChI=1S/C20H23N/c1-2-3-4-5-8-17-11-13-19(14-12-17)21-16-15-18-9-6-7-10-20(18)21/h6-7,9-16H,2-5,8H2,1H3. The molecular formula is C20H23N. The van der Waals surface area contributed by atoms with Gasteiger partial charge in [0.05, 0.1) is 5.52 Å². The number of unbranched alkanes of at least 4 members (excludes halogenated alkanes) is 3. The van der Waals surface area contributed by atoms with E-state index in [0.29, 0.717) is 0 Å². The van der Waals surface area contributed by atoms with Gasteiger partial charge in [-0.2, -0.15) is 0 Å². The summed E-state index contributed by atoms with van der Waals surface area (Å²) in [4.78, 5) is 0. The van der Waals surface area contributed by atoms with Crippen LogP contribution in [0.1, 0.15) is 38.2 Å². The Kier molecular flexibility index (Phi) is 4.40. The molecule has 0 aliphatic rings. The zero-order chi connectivity index (χ0) is 14.5. The molecule has 1 aromatic heterocycles. The summed E-state index contributed by atoms with van der Waals surface area (Å²) in [6.07, 6.45) is 8.67. The van der Waals surface area contributed by atoms with Gasteiger partial charge in [0.25, 0.3) is 0 Å². The van der Waals surface area contributed by atoms with Crippen LogP contribution in [-0.2, 0) is 6.42 Å². The van der Waals surface area contributed by atoms with Crippen molar-refractivity contribution in [2.75, 3.05) is 0 Å². The van der Waals surface area contributed by atoms with Gasteiger partial charge in [-0.05, 0) is 48.1 Å². The number of rotatable bonds is 6. The van der Waals surface area contributed by atoms with Crippen molar-refractivity contribution in [2.24, 2.45) is 0 Å². The molecule has 21 heavy (non-hydrogen) atoms. The Hall–Kier alpha value is -2.02. The van der Waals surface area contributed by atoms with Crippen molar-refractivity contribution in [1.82, 2.24) is 4.57 Å². The van der Waals surface area contributed by atoms with Crippen LogP contribution < -0.4 is 0 Å². The predicted octanol–water partition coefficient (Wildman–Crippen LogP) is 5.75. The van der Waals surface area contributed by atoms with Crippen LogP contribution in [0.15, 0.2) is 60.8 Å². The Bertz CT molecular complexity index is 691. The van der Waals surface area contributed by atoms with E-state index >= 15 is 0 Å². The van der Waals surface area contributed by atoms with E-state index in [9.17, 15) is 0 Å². The van der Waals surface area contributed by atoms with Crippen LogP contribution in [0, 0.1) is 0 Å². The van der Waals surface area contributed by atoms with Gasteiger partial charge in [0.1, 0.15) is 0 Å². The molecule has 1 nitrogen and oxygen atoms in total. The minimum Gasteiger partial charge on any atom is -0.317 e. The van der Waals surface area contributed by atoms with Crippen LogP contribution in [0.5, 0.6) is 0 Å². The van der Waals surface area contributed by atoms with E-state index in [-0.39, 0.29) is 0 Å². The van der Waals surface area contributed by atoms with Crippen molar-refractivity contribution in [3.63, 3.8) is 0 Å². The van der Waals surface area contributed by atoms with Gasteiger partial charge in [-0.25, -0.2) is 0 Å². The van der Waals surface area contributed by atoms with Crippen LogP contribution in [0.4, 0.5) is 0 Å². The molecule has 1 heteroatoms.